The number of rotatable bonds is 9. The van der Waals surface area contributed by atoms with Gasteiger partial charge in [0, 0.05) is 28.7 Å². The molecule has 3 aromatic carbocycles. The lowest BCUT2D eigenvalue weighted by atomic mass is 9.98. The zero-order valence-electron chi connectivity index (χ0n) is 23.8. The highest BCUT2D eigenvalue weighted by Gasteiger charge is 2.18. The molecule has 2 N–H and O–H groups in total. The van der Waals surface area contributed by atoms with E-state index in [9.17, 15) is 14.7 Å². The summed E-state index contributed by atoms with van der Waals surface area (Å²) in [4.78, 5) is 24.5. The molecule has 204 valence electrons. The summed E-state index contributed by atoms with van der Waals surface area (Å²) in [7, 11) is 0. The average molecular weight is 527 g/mol. The maximum atomic E-state index is 13.2. The number of fused-ring (bicyclic) bond motifs is 1. The molecule has 0 saturated carbocycles. The summed E-state index contributed by atoms with van der Waals surface area (Å²) in [5.41, 5.74) is 8.15. The fourth-order valence-electron chi connectivity index (χ4n) is 4.84. The SMILES string of the molecule is Cc1ccc(Cn2c(C)c(C)c3cc(C(=O)NC(C)c4cccc(C(C)C)c4)ccc32)cc1OC(C)C(=O)O. The molecular weight excluding hydrogens is 488 g/mol. The zero-order valence-corrected chi connectivity index (χ0v) is 23.8. The first-order valence-electron chi connectivity index (χ1n) is 13.5. The van der Waals surface area contributed by atoms with Crippen LogP contribution in [0.1, 0.15) is 83.5 Å². The number of aryl methyl sites for hydroxylation is 2. The van der Waals surface area contributed by atoms with Crippen molar-refractivity contribution in [2.24, 2.45) is 0 Å². The third-order valence-corrected chi connectivity index (χ3v) is 7.57. The molecule has 4 rings (SSSR count). The van der Waals surface area contributed by atoms with Gasteiger partial charge in [-0.25, -0.2) is 4.79 Å². The smallest absolute Gasteiger partial charge is 0.344 e. The van der Waals surface area contributed by atoms with Gasteiger partial charge in [0.2, 0.25) is 0 Å². The van der Waals surface area contributed by atoms with Gasteiger partial charge in [0.1, 0.15) is 5.75 Å². The van der Waals surface area contributed by atoms with Crippen LogP contribution in [0.15, 0.2) is 60.7 Å². The largest absolute Gasteiger partial charge is 0.479 e. The van der Waals surface area contributed by atoms with Crippen molar-refractivity contribution in [1.29, 1.82) is 0 Å². The molecule has 0 fully saturated rings. The van der Waals surface area contributed by atoms with Gasteiger partial charge in [0.25, 0.3) is 5.91 Å². The van der Waals surface area contributed by atoms with Crippen LogP contribution in [0.2, 0.25) is 0 Å². The Kier molecular flexibility index (Phi) is 8.14. The molecule has 1 aromatic heterocycles. The van der Waals surface area contributed by atoms with Crippen LogP contribution >= 0.6 is 0 Å². The quantitative estimate of drug-likeness (QED) is 0.244. The van der Waals surface area contributed by atoms with Gasteiger partial charge in [0.15, 0.2) is 6.10 Å². The van der Waals surface area contributed by atoms with E-state index in [-0.39, 0.29) is 11.9 Å². The molecule has 1 heterocycles. The molecule has 0 aliphatic rings. The van der Waals surface area contributed by atoms with Crippen molar-refractivity contribution < 1.29 is 19.4 Å². The van der Waals surface area contributed by atoms with Gasteiger partial charge >= 0.3 is 5.97 Å². The number of carbonyl (C=O) groups is 2. The third kappa shape index (κ3) is 6.00. The summed E-state index contributed by atoms with van der Waals surface area (Å²) in [6.07, 6.45) is -0.929. The molecular formula is C33H38N2O4. The molecule has 0 aliphatic carbocycles. The Morgan fingerprint density at radius 1 is 0.923 bits per heavy atom. The Bertz CT molecular complexity index is 1530. The van der Waals surface area contributed by atoms with Crippen molar-refractivity contribution in [2.75, 3.05) is 0 Å². The number of aliphatic carboxylic acids is 1. The first-order chi connectivity index (χ1) is 18.5. The molecule has 0 saturated heterocycles. The molecule has 1 amide bonds. The highest BCUT2D eigenvalue weighted by atomic mass is 16.5. The van der Waals surface area contributed by atoms with Gasteiger partial charge in [-0.1, -0.05) is 50.2 Å². The Hall–Kier alpha value is -4.06. The van der Waals surface area contributed by atoms with E-state index < -0.39 is 12.1 Å². The number of hydrogen-bond acceptors (Lipinski definition) is 3. The van der Waals surface area contributed by atoms with Gasteiger partial charge in [-0.3, -0.25) is 4.79 Å². The summed E-state index contributed by atoms with van der Waals surface area (Å²) in [6.45, 7) is 14.5. The summed E-state index contributed by atoms with van der Waals surface area (Å²) in [5, 5.41) is 13.4. The Balaban J connectivity index is 1.58. The molecule has 6 nitrogen and oxygen atoms in total. The van der Waals surface area contributed by atoms with Crippen LogP contribution in [0.4, 0.5) is 0 Å². The number of hydrogen-bond donors (Lipinski definition) is 2. The Labute approximate surface area is 230 Å². The minimum atomic E-state index is -0.999. The number of ether oxygens (including phenoxy) is 1. The molecule has 0 aliphatic heterocycles. The van der Waals surface area contributed by atoms with Crippen molar-refractivity contribution in [3.05, 3.63) is 99.7 Å². The molecule has 6 heteroatoms. The van der Waals surface area contributed by atoms with Crippen LogP contribution in [-0.4, -0.2) is 27.7 Å². The minimum absolute atomic E-state index is 0.1000. The van der Waals surface area contributed by atoms with Crippen LogP contribution in [0.5, 0.6) is 5.75 Å². The molecule has 4 aromatic rings. The van der Waals surface area contributed by atoms with Crippen LogP contribution in [-0.2, 0) is 11.3 Å². The normalized spacial score (nSPS) is 12.9. The van der Waals surface area contributed by atoms with Gasteiger partial charge < -0.3 is 19.7 Å². The molecule has 0 bridgehead atoms. The second-order valence-corrected chi connectivity index (χ2v) is 10.7. The topological polar surface area (TPSA) is 80.6 Å². The maximum Gasteiger partial charge on any atom is 0.344 e. The van der Waals surface area contributed by atoms with Crippen LogP contribution in [0.3, 0.4) is 0 Å². The van der Waals surface area contributed by atoms with Crippen molar-refractivity contribution in [2.45, 2.75) is 73.1 Å². The van der Waals surface area contributed by atoms with Crippen molar-refractivity contribution in [3.63, 3.8) is 0 Å². The molecule has 39 heavy (non-hydrogen) atoms. The molecule has 0 spiro atoms. The number of benzene rings is 3. The van der Waals surface area contributed by atoms with E-state index in [1.807, 2.05) is 56.3 Å². The zero-order chi connectivity index (χ0) is 28.4. The lowest BCUT2D eigenvalue weighted by molar-refractivity contribution is -0.144. The third-order valence-electron chi connectivity index (χ3n) is 7.57. The van der Waals surface area contributed by atoms with E-state index in [1.165, 1.54) is 12.5 Å². The summed E-state index contributed by atoms with van der Waals surface area (Å²) in [5.74, 6) is -0.101. The standard InChI is InChI=1S/C33H38N2O4/c1-19(2)26-9-8-10-27(16-26)22(5)34-32(36)28-13-14-30-29(17-28)21(4)23(6)35(30)18-25-12-11-20(3)31(15-25)39-24(7)33(37)38/h8-17,19,22,24H,18H2,1-7H3,(H,34,36)(H,37,38). The first kappa shape index (κ1) is 28.0. The number of nitrogens with one attached hydrogen (secondary N) is 1. The Morgan fingerprint density at radius 3 is 2.33 bits per heavy atom. The monoisotopic (exact) mass is 526 g/mol. The fraction of sp³-hybridized carbons (Fsp3) is 0.333. The highest BCUT2D eigenvalue weighted by Crippen LogP contribution is 2.29. The first-order valence-corrected chi connectivity index (χ1v) is 13.5. The van der Waals surface area contributed by atoms with E-state index in [0.29, 0.717) is 23.8 Å². The molecule has 0 radical (unpaired) electrons. The predicted molar refractivity (Wildman–Crippen MR) is 156 cm³/mol. The Morgan fingerprint density at radius 2 is 1.64 bits per heavy atom. The lowest BCUT2D eigenvalue weighted by Gasteiger charge is -2.17. The fourth-order valence-corrected chi connectivity index (χ4v) is 4.84. The molecule has 2 unspecified atom stereocenters. The number of carboxylic acids is 1. The predicted octanol–water partition coefficient (Wildman–Crippen LogP) is 7.08. The van der Waals surface area contributed by atoms with E-state index in [0.717, 1.165) is 38.9 Å². The van der Waals surface area contributed by atoms with Crippen molar-refractivity contribution >= 4 is 22.8 Å². The van der Waals surface area contributed by atoms with E-state index >= 15 is 0 Å². The second kappa shape index (κ2) is 11.4. The van der Waals surface area contributed by atoms with Gasteiger partial charge in [-0.2, -0.15) is 0 Å². The number of aromatic nitrogens is 1. The van der Waals surface area contributed by atoms with E-state index in [4.69, 9.17) is 4.74 Å². The van der Waals surface area contributed by atoms with Crippen LogP contribution < -0.4 is 10.1 Å². The maximum absolute atomic E-state index is 13.2. The molecule has 2 atom stereocenters. The number of carboxylic acid groups (broad SMARTS) is 1. The number of amides is 1. The number of carbonyl (C=O) groups excluding carboxylic acids is 1. The van der Waals surface area contributed by atoms with Crippen molar-refractivity contribution in [1.82, 2.24) is 9.88 Å². The summed E-state index contributed by atoms with van der Waals surface area (Å²) < 4.78 is 7.90. The van der Waals surface area contributed by atoms with Gasteiger partial charge in [-0.15, -0.1) is 0 Å². The summed E-state index contributed by atoms with van der Waals surface area (Å²) in [6, 6.07) is 20.0. The minimum Gasteiger partial charge on any atom is -0.479 e. The van der Waals surface area contributed by atoms with Gasteiger partial charge in [-0.05, 0) is 92.6 Å². The highest BCUT2D eigenvalue weighted by molar-refractivity contribution is 5.99. The van der Waals surface area contributed by atoms with Crippen molar-refractivity contribution in [3.8, 4) is 5.75 Å². The second-order valence-electron chi connectivity index (χ2n) is 10.7. The average Bonchev–Trinajstić information content (AvgIpc) is 3.14. The lowest BCUT2D eigenvalue weighted by Crippen LogP contribution is -2.26. The van der Waals surface area contributed by atoms with Crippen LogP contribution in [0.25, 0.3) is 10.9 Å². The van der Waals surface area contributed by atoms with E-state index in [1.54, 1.807) is 0 Å². The van der Waals surface area contributed by atoms with E-state index in [2.05, 4.69) is 55.8 Å². The van der Waals surface area contributed by atoms with Gasteiger partial charge in [0.05, 0.1) is 6.04 Å². The number of nitrogens with zero attached hydrogens (tertiary/aromatic N) is 1. The van der Waals surface area contributed by atoms with Crippen LogP contribution in [0, 0.1) is 20.8 Å². The summed E-state index contributed by atoms with van der Waals surface area (Å²) >= 11 is 0.